The van der Waals surface area contributed by atoms with Crippen LogP contribution < -0.4 is 10.6 Å². The molecule has 3 aliphatic rings. The highest BCUT2D eigenvalue weighted by Gasteiger charge is 2.36. The van der Waals surface area contributed by atoms with E-state index in [0.29, 0.717) is 18.0 Å². The minimum atomic E-state index is 0.0172. The van der Waals surface area contributed by atoms with Gasteiger partial charge in [0, 0.05) is 54.7 Å². The largest absolute Gasteiger partial charge is 0.382 e. The lowest BCUT2D eigenvalue weighted by Crippen LogP contribution is -2.45. The maximum absolute atomic E-state index is 12.6. The normalized spacial score (nSPS) is 27.8. The molecule has 3 aliphatic heterocycles. The van der Waals surface area contributed by atoms with E-state index in [1.807, 2.05) is 40.9 Å². The molecular weight excluding hydrogens is 368 g/mol. The molecule has 4 rings (SSSR count). The van der Waals surface area contributed by atoms with Crippen molar-refractivity contribution in [2.45, 2.75) is 37.4 Å². The fourth-order valence-electron chi connectivity index (χ4n) is 4.18. The van der Waals surface area contributed by atoms with Gasteiger partial charge in [0.1, 0.15) is 0 Å². The SMILES string of the molecule is O=C([C@@H]1C[C@H](N2CCC(Nc3ccc(Cl)cc3)CC2)CN1)N1CCSC1. The number of nitrogens with zero attached hydrogens (tertiary/aromatic N) is 2. The second kappa shape index (κ2) is 8.38. The molecule has 0 unspecified atom stereocenters. The van der Waals surface area contributed by atoms with Crippen molar-refractivity contribution in [2.75, 3.05) is 43.1 Å². The van der Waals surface area contributed by atoms with Crippen molar-refractivity contribution >= 4 is 35.0 Å². The van der Waals surface area contributed by atoms with Gasteiger partial charge in [0.05, 0.1) is 11.9 Å². The van der Waals surface area contributed by atoms with Gasteiger partial charge in [0.25, 0.3) is 0 Å². The molecule has 0 spiro atoms. The van der Waals surface area contributed by atoms with Gasteiger partial charge in [0.15, 0.2) is 0 Å². The quantitative estimate of drug-likeness (QED) is 0.821. The molecule has 26 heavy (non-hydrogen) atoms. The van der Waals surface area contributed by atoms with Gasteiger partial charge in [-0.2, -0.15) is 0 Å². The van der Waals surface area contributed by atoms with Crippen LogP contribution in [-0.4, -0.2) is 71.6 Å². The number of rotatable bonds is 4. The standard InChI is InChI=1S/C19H27ClN4OS/c20-14-1-3-15(4-2-14)22-16-5-7-23(8-6-16)17-11-18(21-12-17)19(25)24-9-10-26-13-24/h1-4,16-18,21-22H,5-13H2/t17-,18-/m0/s1. The zero-order valence-electron chi connectivity index (χ0n) is 15.0. The average Bonchev–Trinajstić information content (AvgIpc) is 3.36. The van der Waals surface area contributed by atoms with Crippen molar-refractivity contribution in [3.8, 4) is 0 Å². The van der Waals surface area contributed by atoms with Gasteiger partial charge in [-0.1, -0.05) is 11.6 Å². The van der Waals surface area contributed by atoms with Crippen molar-refractivity contribution < 1.29 is 4.79 Å². The topological polar surface area (TPSA) is 47.6 Å². The van der Waals surface area contributed by atoms with Crippen LogP contribution in [0.3, 0.4) is 0 Å². The minimum absolute atomic E-state index is 0.0172. The molecule has 7 heteroatoms. The summed E-state index contributed by atoms with van der Waals surface area (Å²) in [5.41, 5.74) is 1.14. The van der Waals surface area contributed by atoms with E-state index in [-0.39, 0.29) is 6.04 Å². The van der Waals surface area contributed by atoms with Crippen molar-refractivity contribution in [1.82, 2.24) is 15.1 Å². The van der Waals surface area contributed by atoms with Crippen LogP contribution in [0.4, 0.5) is 5.69 Å². The number of nitrogens with one attached hydrogen (secondary N) is 2. The molecule has 0 saturated carbocycles. The average molecular weight is 395 g/mol. The first-order chi connectivity index (χ1) is 12.7. The molecule has 2 N–H and O–H groups in total. The summed E-state index contributed by atoms with van der Waals surface area (Å²) in [6.45, 7) is 4.04. The van der Waals surface area contributed by atoms with Gasteiger partial charge < -0.3 is 15.5 Å². The van der Waals surface area contributed by atoms with Gasteiger partial charge in [0.2, 0.25) is 5.91 Å². The first kappa shape index (κ1) is 18.4. The molecule has 3 fully saturated rings. The molecule has 2 atom stereocenters. The van der Waals surface area contributed by atoms with Crippen LogP contribution in [0.25, 0.3) is 0 Å². The number of hydrogen-bond acceptors (Lipinski definition) is 5. The summed E-state index contributed by atoms with van der Waals surface area (Å²) in [4.78, 5) is 17.1. The molecule has 1 amide bonds. The summed E-state index contributed by atoms with van der Waals surface area (Å²) in [5, 5.41) is 7.86. The first-order valence-corrected chi connectivity index (χ1v) is 11.1. The second-order valence-electron chi connectivity index (χ2n) is 7.45. The van der Waals surface area contributed by atoms with Crippen molar-refractivity contribution in [3.05, 3.63) is 29.3 Å². The Hall–Kier alpha value is -0.950. The smallest absolute Gasteiger partial charge is 0.240 e. The van der Waals surface area contributed by atoms with E-state index in [4.69, 9.17) is 11.6 Å². The van der Waals surface area contributed by atoms with Crippen LogP contribution in [0, 0.1) is 0 Å². The van der Waals surface area contributed by atoms with Crippen LogP contribution in [0.15, 0.2) is 24.3 Å². The third-order valence-electron chi connectivity index (χ3n) is 5.73. The van der Waals surface area contributed by atoms with Crippen molar-refractivity contribution in [1.29, 1.82) is 0 Å². The van der Waals surface area contributed by atoms with E-state index in [9.17, 15) is 4.79 Å². The van der Waals surface area contributed by atoms with Crippen molar-refractivity contribution in [2.24, 2.45) is 0 Å². The summed E-state index contributed by atoms with van der Waals surface area (Å²) in [7, 11) is 0. The maximum Gasteiger partial charge on any atom is 0.240 e. The zero-order valence-corrected chi connectivity index (χ0v) is 16.6. The molecule has 0 aromatic heterocycles. The van der Waals surface area contributed by atoms with Gasteiger partial charge >= 0.3 is 0 Å². The summed E-state index contributed by atoms with van der Waals surface area (Å²) in [6.07, 6.45) is 3.23. The molecule has 3 heterocycles. The van der Waals surface area contributed by atoms with Crippen LogP contribution in [0.2, 0.25) is 5.02 Å². The van der Waals surface area contributed by atoms with Crippen molar-refractivity contribution in [3.63, 3.8) is 0 Å². The number of carbonyl (C=O) groups excluding carboxylic acids is 1. The van der Waals surface area contributed by atoms with Crippen LogP contribution in [-0.2, 0) is 4.79 Å². The molecule has 0 radical (unpaired) electrons. The third-order valence-corrected chi connectivity index (χ3v) is 6.95. The monoisotopic (exact) mass is 394 g/mol. The Morgan fingerprint density at radius 1 is 1.19 bits per heavy atom. The van der Waals surface area contributed by atoms with E-state index < -0.39 is 0 Å². The predicted octanol–water partition coefficient (Wildman–Crippen LogP) is 2.48. The third kappa shape index (κ3) is 4.30. The summed E-state index contributed by atoms with van der Waals surface area (Å²) < 4.78 is 0. The second-order valence-corrected chi connectivity index (χ2v) is 8.96. The Balaban J connectivity index is 1.23. The van der Waals surface area contributed by atoms with E-state index in [1.54, 1.807) is 0 Å². The number of amides is 1. The highest BCUT2D eigenvalue weighted by Crippen LogP contribution is 2.24. The molecule has 142 valence electrons. The van der Waals surface area contributed by atoms with E-state index in [1.165, 1.54) is 0 Å². The van der Waals surface area contributed by atoms with Crippen LogP contribution in [0.5, 0.6) is 0 Å². The molecule has 1 aromatic carbocycles. The Morgan fingerprint density at radius 3 is 2.65 bits per heavy atom. The first-order valence-electron chi connectivity index (χ1n) is 9.55. The number of piperidine rings is 1. The van der Waals surface area contributed by atoms with Gasteiger partial charge in [-0.3, -0.25) is 9.69 Å². The minimum Gasteiger partial charge on any atom is -0.382 e. The van der Waals surface area contributed by atoms with Gasteiger partial charge in [-0.05, 0) is 43.5 Å². The summed E-state index contributed by atoms with van der Waals surface area (Å²) in [5.74, 6) is 2.25. The number of benzene rings is 1. The number of thioether (sulfide) groups is 1. The number of hydrogen-bond donors (Lipinski definition) is 2. The van der Waals surface area contributed by atoms with Crippen LogP contribution >= 0.6 is 23.4 Å². The van der Waals surface area contributed by atoms with E-state index in [2.05, 4.69) is 15.5 Å². The fraction of sp³-hybridized carbons (Fsp3) is 0.632. The zero-order chi connectivity index (χ0) is 17.9. The number of likely N-dealkylation sites (tertiary alicyclic amines) is 1. The van der Waals surface area contributed by atoms with Crippen LogP contribution in [0.1, 0.15) is 19.3 Å². The maximum atomic E-state index is 12.6. The highest BCUT2D eigenvalue weighted by molar-refractivity contribution is 7.99. The van der Waals surface area contributed by atoms with Gasteiger partial charge in [-0.15, -0.1) is 11.8 Å². The fourth-order valence-corrected chi connectivity index (χ4v) is 5.26. The van der Waals surface area contributed by atoms with E-state index in [0.717, 1.165) is 67.8 Å². The lowest BCUT2D eigenvalue weighted by Gasteiger charge is -2.36. The van der Waals surface area contributed by atoms with Gasteiger partial charge in [-0.25, -0.2) is 0 Å². The lowest BCUT2D eigenvalue weighted by molar-refractivity contribution is -0.131. The Morgan fingerprint density at radius 2 is 1.96 bits per heavy atom. The summed E-state index contributed by atoms with van der Waals surface area (Å²) >= 11 is 7.81. The number of halogens is 1. The predicted molar refractivity (Wildman–Crippen MR) is 109 cm³/mol. The number of anilines is 1. The molecular formula is C19H27ClN4OS. The Kier molecular flexibility index (Phi) is 5.93. The summed E-state index contributed by atoms with van der Waals surface area (Å²) in [6, 6.07) is 8.98. The molecule has 5 nitrogen and oxygen atoms in total. The molecule has 0 bridgehead atoms. The highest BCUT2D eigenvalue weighted by atomic mass is 35.5. The molecule has 0 aliphatic carbocycles. The Bertz CT molecular complexity index is 614. The lowest BCUT2D eigenvalue weighted by atomic mass is 10.0. The molecule has 3 saturated heterocycles. The Labute approximate surface area is 164 Å². The molecule has 1 aromatic rings. The van der Waals surface area contributed by atoms with E-state index >= 15 is 0 Å². The number of carbonyl (C=O) groups is 1.